The van der Waals surface area contributed by atoms with Crippen LogP contribution >= 0.6 is 12.4 Å². The first-order valence-corrected chi connectivity index (χ1v) is 8.11. The van der Waals surface area contributed by atoms with Gasteiger partial charge in [-0.3, -0.25) is 4.79 Å². The fraction of sp³-hybridized carbons (Fsp3) is 0.316. The summed E-state index contributed by atoms with van der Waals surface area (Å²) in [6, 6.07) is 13.4. The Hall–Kier alpha value is -2.08. The van der Waals surface area contributed by atoms with E-state index < -0.39 is 6.10 Å². The summed E-state index contributed by atoms with van der Waals surface area (Å²) in [6.07, 6.45) is -0.480. The summed E-state index contributed by atoms with van der Waals surface area (Å²) < 4.78 is 11.6. The van der Waals surface area contributed by atoms with Crippen molar-refractivity contribution in [1.29, 1.82) is 0 Å². The number of nitrogens with one attached hydrogen (secondary N) is 2. The van der Waals surface area contributed by atoms with Crippen LogP contribution in [0.15, 0.2) is 42.5 Å². The first kappa shape index (κ1) is 19.2. The number of halogens is 1. The van der Waals surface area contributed by atoms with Crippen molar-refractivity contribution in [2.24, 2.45) is 0 Å². The maximum atomic E-state index is 12.4. The van der Waals surface area contributed by atoms with Gasteiger partial charge in [0.25, 0.3) is 5.91 Å². The van der Waals surface area contributed by atoms with Crippen LogP contribution in [0.5, 0.6) is 11.5 Å². The van der Waals surface area contributed by atoms with Crippen molar-refractivity contribution < 1.29 is 14.3 Å². The van der Waals surface area contributed by atoms with Crippen LogP contribution in [0.3, 0.4) is 0 Å². The molecule has 1 aliphatic heterocycles. The van der Waals surface area contributed by atoms with Gasteiger partial charge in [0.1, 0.15) is 11.9 Å². The number of aryl methyl sites for hydroxylation is 2. The molecule has 1 atom stereocenters. The van der Waals surface area contributed by atoms with Crippen LogP contribution in [0.1, 0.15) is 11.1 Å². The number of carbonyl (C=O) groups is 1. The lowest BCUT2D eigenvalue weighted by Crippen LogP contribution is -2.45. The molecule has 1 amide bonds. The Labute approximate surface area is 154 Å². The molecule has 1 saturated heterocycles. The van der Waals surface area contributed by atoms with Crippen molar-refractivity contribution in [1.82, 2.24) is 5.32 Å². The number of anilines is 1. The standard InChI is InChI=1S/C19H22N2O3.ClH/c1-13-6-5-7-14(2)18(13)24-16-9-4-3-8-15(16)21-19(22)17-12-20-10-11-23-17;/h3-9,17,20H,10-12H2,1-2H3,(H,21,22);1H. The first-order valence-electron chi connectivity index (χ1n) is 8.11. The van der Waals surface area contributed by atoms with Crippen LogP contribution in [-0.4, -0.2) is 31.7 Å². The zero-order chi connectivity index (χ0) is 16.9. The number of rotatable bonds is 4. The fourth-order valence-corrected chi connectivity index (χ4v) is 2.68. The Bertz CT molecular complexity index is 710. The zero-order valence-electron chi connectivity index (χ0n) is 14.4. The molecule has 2 aromatic carbocycles. The van der Waals surface area contributed by atoms with Crippen LogP contribution in [0.25, 0.3) is 0 Å². The van der Waals surface area contributed by atoms with Gasteiger partial charge in [0.2, 0.25) is 0 Å². The Balaban J connectivity index is 0.00000225. The number of hydrogen-bond acceptors (Lipinski definition) is 4. The molecule has 0 aromatic heterocycles. The van der Waals surface area contributed by atoms with E-state index in [9.17, 15) is 4.79 Å². The number of hydrogen-bond donors (Lipinski definition) is 2. The molecule has 3 rings (SSSR count). The number of carbonyl (C=O) groups excluding carboxylic acids is 1. The molecule has 1 heterocycles. The van der Waals surface area contributed by atoms with Crippen molar-refractivity contribution in [2.75, 3.05) is 25.0 Å². The largest absolute Gasteiger partial charge is 0.455 e. The fourth-order valence-electron chi connectivity index (χ4n) is 2.68. The minimum atomic E-state index is -0.480. The molecular formula is C19H23ClN2O3. The lowest BCUT2D eigenvalue weighted by atomic mass is 10.1. The van der Waals surface area contributed by atoms with Crippen molar-refractivity contribution in [3.05, 3.63) is 53.6 Å². The molecule has 0 saturated carbocycles. The summed E-state index contributed by atoms with van der Waals surface area (Å²) in [7, 11) is 0. The maximum Gasteiger partial charge on any atom is 0.254 e. The van der Waals surface area contributed by atoms with Crippen molar-refractivity contribution in [2.45, 2.75) is 20.0 Å². The summed E-state index contributed by atoms with van der Waals surface area (Å²) in [5.41, 5.74) is 2.74. The monoisotopic (exact) mass is 362 g/mol. The normalized spacial score (nSPS) is 16.6. The predicted molar refractivity (Wildman–Crippen MR) is 101 cm³/mol. The number of ether oxygens (including phenoxy) is 2. The van der Waals surface area contributed by atoms with Crippen LogP contribution in [0.2, 0.25) is 0 Å². The molecule has 2 N–H and O–H groups in total. The van der Waals surface area contributed by atoms with E-state index in [0.717, 1.165) is 23.4 Å². The highest BCUT2D eigenvalue weighted by Crippen LogP contribution is 2.33. The van der Waals surface area contributed by atoms with Gasteiger partial charge in [-0.05, 0) is 37.1 Å². The summed E-state index contributed by atoms with van der Waals surface area (Å²) >= 11 is 0. The van der Waals surface area contributed by atoms with E-state index in [1.807, 2.05) is 56.3 Å². The summed E-state index contributed by atoms with van der Waals surface area (Å²) in [5.74, 6) is 1.27. The van der Waals surface area contributed by atoms with E-state index in [1.165, 1.54) is 0 Å². The highest BCUT2D eigenvalue weighted by molar-refractivity contribution is 5.95. The third-order valence-corrected chi connectivity index (χ3v) is 3.99. The maximum absolute atomic E-state index is 12.4. The predicted octanol–water partition coefficient (Wildman–Crippen LogP) is 3.44. The number of amides is 1. The summed E-state index contributed by atoms with van der Waals surface area (Å²) in [6.45, 7) is 5.84. The SMILES string of the molecule is Cc1cccc(C)c1Oc1ccccc1NC(=O)C1CNCCO1.Cl. The summed E-state index contributed by atoms with van der Waals surface area (Å²) in [5, 5.41) is 6.06. The van der Waals surface area contributed by atoms with Gasteiger partial charge in [0.05, 0.1) is 12.3 Å². The Morgan fingerprint density at radius 3 is 2.56 bits per heavy atom. The number of para-hydroxylation sites is 3. The molecule has 25 heavy (non-hydrogen) atoms. The van der Waals surface area contributed by atoms with E-state index >= 15 is 0 Å². The smallest absolute Gasteiger partial charge is 0.254 e. The third-order valence-electron chi connectivity index (χ3n) is 3.99. The Kier molecular flexibility index (Phi) is 6.82. The average Bonchev–Trinajstić information content (AvgIpc) is 2.60. The Morgan fingerprint density at radius 1 is 1.16 bits per heavy atom. The third kappa shape index (κ3) is 4.72. The molecule has 134 valence electrons. The molecule has 0 radical (unpaired) electrons. The van der Waals surface area contributed by atoms with E-state index in [1.54, 1.807) is 0 Å². The first-order chi connectivity index (χ1) is 11.6. The van der Waals surface area contributed by atoms with Gasteiger partial charge in [-0.25, -0.2) is 0 Å². The van der Waals surface area contributed by atoms with Crippen LogP contribution < -0.4 is 15.4 Å². The number of benzene rings is 2. The minimum Gasteiger partial charge on any atom is -0.455 e. The van der Waals surface area contributed by atoms with Crippen molar-refractivity contribution in [3.63, 3.8) is 0 Å². The van der Waals surface area contributed by atoms with Gasteiger partial charge < -0.3 is 20.1 Å². The lowest BCUT2D eigenvalue weighted by Gasteiger charge is -2.23. The van der Waals surface area contributed by atoms with E-state index in [4.69, 9.17) is 9.47 Å². The van der Waals surface area contributed by atoms with Gasteiger partial charge in [0, 0.05) is 13.1 Å². The number of morpholine rings is 1. The molecule has 1 unspecified atom stereocenters. The van der Waals surface area contributed by atoms with Crippen LogP contribution in [-0.2, 0) is 9.53 Å². The van der Waals surface area contributed by atoms with E-state index in [0.29, 0.717) is 24.6 Å². The van der Waals surface area contributed by atoms with Crippen LogP contribution in [0.4, 0.5) is 5.69 Å². The second-order valence-electron chi connectivity index (χ2n) is 5.87. The van der Waals surface area contributed by atoms with Crippen molar-refractivity contribution in [3.8, 4) is 11.5 Å². The van der Waals surface area contributed by atoms with Gasteiger partial charge in [0.15, 0.2) is 5.75 Å². The molecule has 1 fully saturated rings. The molecule has 0 aliphatic carbocycles. The minimum absolute atomic E-state index is 0. The van der Waals surface area contributed by atoms with E-state index in [2.05, 4.69) is 10.6 Å². The van der Waals surface area contributed by atoms with Crippen molar-refractivity contribution >= 4 is 24.0 Å². The van der Waals surface area contributed by atoms with Gasteiger partial charge >= 0.3 is 0 Å². The molecule has 0 bridgehead atoms. The second kappa shape index (κ2) is 8.85. The van der Waals surface area contributed by atoms with E-state index in [-0.39, 0.29) is 18.3 Å². The topological polar surface area (TPSA) is 59.6 Å². The molecule has 0 spiro atoms. The Morgan fingerprint density at radius 2 is 1.88 bits per heavy atom. The quantitative estimate of drug-likeness (QED) is 0.874. The summed E-state index contributed by atoms with van der Waals surface area (Å²) in [4.78, 5) is 12.4. The molecule has 5 nitrogen and oxygen atoms in total. The zero-order valence-corrected chi connectivity index (χ0v) is 15.2. The van der Waals surface area contributed by atoms with Gasteiger partial charge in [-0.15, -0.1) is 12.4 Å². The molecular weight excluding hydrogens is 340 g/mol. The second-order valence-corrected chi connectivity index (χ2v) is 5.87. The average molecular weight is 363 g/mol. The van der Waals surface area contributed by atoms with Gasteiger partial charge in [-0.2, -0.15) is 0 Å². The highest BCUT2D eigenvalue weighted by Gasteiger charge is 2.22. The molecule has 1 aliphatic rings. The van der Waals surface area contributed by atoms with Gasteiger partial charge in [-0.1, -0.05) is 30.3 Å². The van der Waals surface area contributed by atoms with Crippen LogP contribution in [0, 0.1) is 13.8 Å². The molecule has 2 aromatic rings. The lowest BCUT2D eigenvalue weighted by molar-refractivity contribution is -0.128. The molecule has 6 heteroatoms. The highest BCUT2D eigenvalue weighted by atomic mass is 35.5.